The molecule has 6 heteroatoms. The number of aromatic nitrogens is 2. The van der Waals surface area contributed by atoms with Crippen LogP contribution in [0.25, 0.3) is 11.0 Å². The molecule has 1 aliphatic carbocycles. The maximum atomic E-state index is 12.9. The minimum Gasteiger partial charge on any atom is -0.352 e. The normalized spacial score (nSPS) is 21.8. The number of imidazole rings is 1. The molecular formula is C18H22N4O2. The van der Waals surface area contributed by atoms with Crippen LogP contribution < -0.4 is 10.6 Å². The number of hydrogen-bond acceptors (Lipinski definition) is 3. The molecule has 2 amide bonds. The number of benzene rings is 1. The van der Waals surface area contributed by atoms with Gasteiger partial charge in [0.1, 0.15) is 6.04 Å². The molecule has 2 heterocycles. The van der Waals surface area contributed by atoms with E-state index in [9.17, 15) is 9.59 Å². The summed E-state index contributed by atoms with van der Waals surface area (Å²) in [5.74, 6) is 0.244. The molecule has 1 aromatic heterocycles. The molecule has 2 aliphatic rings. The van der Waals surface area contributed by atoms with Gasteiger partial charge in [0.2, 0.25) is 17.8 Å². The first-order valence-corrected chi connectivity index (χ1v) is 8.79. The highest BCUT2D eigenvalue weighted by molar-refractivity contribution is 5.99. The van der Waals surface area contributed by atoms with Crippen molar-refractivity contribution in [2.24, 2.45) is 0 Å². The Hall–Kier alpha value is -2.37. The van der Waals surface area contributed by atoms with Crippen molar-refractivity contribution in [3.8, 4) is 0 Å². The minimum atomic E-state index is -0.524. The summed E-state index contributed by atoms with van der Waals surface area (Å²) in [6.07, 6.45) is 7.03. The summed E-state index contributed by atoms with van der Waals surface area (Å²) in [7, 11) is 0. The van der Waals surface area contributed by atoms with Gasteiger partial charge in [-0.05, 0) is 25.0 Å². The largest absolute Gasteiger partial charge is 0.352 e. The van der Waals surface area contributed by atoms with Gasteiger partial charge in [0.15, 0.2) is 0 Å². The van der Waals surface area contributed by atoms with Gasteiger partial charge in [0.05, 0.1) is 17.5 Å². The lowest BCUT2D eigenvalue weighted by molar-refractivity contribution is -0.129. The van der Waals surface area contributed by atoms with Gasteiger partial charge >= 0.3 is 0 Å². The first-order valence-electron chi connectivity index (χ1n) is 8.79. The van der Waals surface area contributed by atoms with E-state index in [4.69, 9.17) is 0 Å². The number of para-hydroxylation sites is 2. The molecule has 1 atom stereocenters. The molecule has 0 spiro atoms. The van der Waals surface area contributed by atoms with Gasteiger partial charge in [-0.3, -0.25) is 19.5 Å². The van der Waals surface area contributed by atoms with E-state index in [1.807, 2.05) is 28.8 Å². The Bertz CT molecular complexity index is 774. The fourth-order valence-electron chi connectivity index (χ4n) is 3.82. The molecule has 0 radical (unpaired) electrons. The SMILES string of the molecule is O=C1CC(C(=O)NC2CCCCCC2)n2c(nc3ccccc32)N1. The van der Waals surface area contributed by atoms with E-state index in [1.165, 1.54) is 12.8 Å². The predicted molar refractivity (Wildman–Crippen MR) is 91.6 cm³/mol. The van der Waals surface area contributed by atoms with Crippen LogP contribution >= 0.6 is 0 Å². The molecule has 4 rings (SSSR count). The Kier molecular flexibility index (Phi) is 3.96. The molecule has 2 aromatic rings. The standard InChI is InChI=1S/C18H22N4O2/c23-16-11-15(17(24)19-12-7-3-1-2-4-8-12)22-14-10-6-5-9-13(14)20-18(22)21-16/h5-6,9-10,12,15H,1-4,7-8,11H2,(H,19,24)(H,20,21,23). The van der Waals surface area contributed by atoms with Gasteiger partial charge < -0.3 is 5.32 Å². The Morgan fingerprint density at radius 1 is 1.17 bits per heavy atom. The molecule has 2 N–H and O–H groups in total. The summed E-state index contributed by atoms with van der Waals surface area (Å²) in [6.45, 7) is 0. The first kappa shape index (κ1) is 15.2. The first-order chi connectivity index (χ1) is 11.7. The van der Waals surface area contributed by atoms with E-state index in [-0.39, 0.29) is 24.3 Å². The number of carbonyl (C=O) groups excluding carboxylic acids is 2. The summed E-state index contributed by atoms with van der Waals surface area (Å²) < 4.78 is 1.86. The van der Waals surface area contributed by atoms with Crippen LogP contribution in [0.3, 0.4) is 0 Å². The maximum absolute atomic E-state index is 12.9. The number of nitrogens with zero attached hydrogens (tertiary/aromatic N) is 2. The van der Waals surface area contributed by atoms with Crippen LogP contribution in [0.15, 0.2) is 24.3 Å². The highest BCUT2D eigenvalue weighted by Gasteiger charge is 2.33. The Morgan fingerprint density at radius 3 is 2.71 bits per heavy atom. The van der Waals surface area contributed by atoms with E-state index in [2.05, 4.69) is 15.6 Å². The van der Waals surface area contributed by atoms with Crippen molar-refractivity contribution < 1.29 is 9.59 Å². The molecule has 1 aliphatic heterocycles. The number of anilines is 1. The second kappa shape index (κ2) is 6.26. The molecule has 24 heavy (non-hydrogen) atoms. The number of rotatable bonds is 2. The number of hydrogen-bond donors (Lipinski definition) is 2. The number of amides is 2. The van der Waals surface area contributed by atoms with Crippen molar-refractivity contribution in [3.63, 3.8) is 0 Å². The van der Waals surface area contributed by atoms with E-state index in [0.29, 0.717) is 5.95 Å². The van der Waals surface area contributed by atoms with Crippen LogP contribution in [0.4, 0.5) is 5.95 Å². The lowest BCUT2D eigenvalue weighted by atomic mass is 10.1. The molecule has 1 aromatic carbocycles. The zero-order chi connectivity index (χ0) is 16.5. The fourth-order valence-corrected chi connectivity index (χ4v) is 3.82. The highest BCUT2D eigenvalue weighted by atomic mass is 16.2. The van der Waals surface area contributed by atoms with Gasteiger partial charge in [-0.2, -0.15) is 0 Å². The molecule has 0 bridgehead atoms. The van der Waals surface area contributed by atoms with Crippen LogP contribution in [0.2, 0.25) is 0 Å². The Morgan fingerprint density at radius 2 is 1.92 bits per heavy atom. The van der Waals surface area contributed by atoms with E-state index < -0.39 is 6.04 Å². The maximum Gasteiger partial charge on any atom is 0.243 e. The number of carbonyl (C=O) groups is 2. The van der Waals surface area contributed by atoms with E-state index in [1.54, 1.807) is 0 Å². The van der Waals surface area contributed by atoms with Crippen molar-refractivity contribution in [1.29, 1.82) is 0 Å². The molecule has 126 valence electrons. The second-order valence-corrected chi connectivity index (χ2v) is 6.76. The van der Waals surface area contributed by atoms with Crippen LogP contribution in [0.5, 0.6) is 0 Å². The topological polar surface area (TPSA) is 76.0 Å². The van der Waals surface area contributed by atoms with Gasteiger partial charge in [-0.15, -0.1) is 0 Å². The van der Waals surface area contributed by atoms with Crippen molar-refractivity contribution in [1.82, 2.24) is 14.9 Å². The number of nitrogens with one attached hydrogen (secondary N) is 2. The lowest BCUT2D eigenvalue weighted by Gasteiger charge is -2.27. The third kappa shape index (κ3) is 2.77. The summed E-state index contributed by atoms with van der Waals surface area (Å²) >= 11 is 0. The molecule has 0 saturated heterocycles. The van der Waals surface area contributed by atoms with Crippen LogP contribution in [0.1, 0.15) is 51.0 Å². The summed E-state index contributed by atoms with van der Waals surface area (Å²) in [6, 6.07) is 7.37. The summed E-state index contributed by atoms with van der Waals surface area (Å²) in [4.78, 5) is 29.4. The monoisotopic (exact) mass is 326 g/mol. The zero-order valence-electron chi connectivity index (χ0n) is 13.6. The van der Waals surface area contributed by atoms with Gasteiger partial charge in [-0.1, -0.05) is 37.8 Å². The third-order valence-electron chi connectivity index (χ3n) is 5.04. The van der Waals surface area contributed by atoms with Crippen molar-refractivity contribution in [2.45, 2.75) is 57.0 Å². The summed E-state index contributed by atoms with van der Waals surface area (Å²) in [5, 5.41) is 5.96. The van der Waals surface area contributed by atoms with Crippen LogP contribution in [-0.4, -0.2) is 27.4 Å². The molecule has 1 saturated carbocycles. The average molecular weight is 326 g/mol. The Balaban J connectivity index is 1.63. The van der Waals surface area contributed by atoms with Crippen molar-refractivity contribution in [2.75, 3.05) is 5.32 Å². The zero-order valence-corrected chi connectivity index (χ0v) is 13.6. The Labute approximate surface area is 140 Å². The van der Waals surface area contributed by atoms with Crippen LogP contribution in [-0.2, 0) is 9.59 Å². The molecule has 6 nitrogen and oxygen atoms in total. The third-order valence-corrected chi connectivity index (χ3v) is 5.04. The van der Waals surface area contributed by atoms with Crippen molar-refractivity contribution in [3.05, 3.63) is 24.3 Å². The van der Waals surface area contributed by atoms with Crippen LogP contribution in [0, 0.1) is 0 Å². The average Bonchev–Trinajstić information content (AvgIpc) is 2.75. The highest BCUT2D eigenvalue weighted by Crippen LogP contribution is 2.30. The molecular weight excluding hydrogens is 304 g/mol. The smallest absolute Gasteiger partial charge is 0.243 e. The second-order valence-electron chi connectivity index (χ2n) is 6.76. The van der Waals surface area contributed by atoms with E-state index >= 15 is 0 Å². The summed E-state index contributed by atoms with van der Waals surface area (Å²) in [5.41, 5.74) is 1.68. The lowest BCUT2D eigenvalue weighted by Crippen LogP contribution is -2.42. The van der Waals surface area contributed by atoms with Gasteiger partial charge in [0, 0.05) is 6.04 Å². The van der Waals surface area contributed by atoms with Gasteiger partial charge in [0.25, 0.3) is 0 Å². The minimum absolute atomic E-state index is 0.0684. The molecule has 1 fully saturated rings. The number of fused-ring (bicyclic) bond motifs is 3. The predicted octanol–water partition coefficient (Wildman–Crippen LogP) is 2.76. The molecule has 1 unspecified atom stereocenters. The van der Waals surface area contributed by atoms with Gasteiger partial charge in [-0.25, -0.2) is 4.98 Å². The fraction of sp³-hybridized carbons (Fsp3) is 0.500. The van der Waals surface area contributed by atoms with Crippen molar-refractivity contribution >= 4 is 28.8 Å². The quantitative estimate of drug-likeness (QED) is 0.833. The van der Waals surface area contributed by atoms with E-state index in [0.717, 1.165) is 36.7 Å².